The van der Waals surface area contributed by atoms with Gasteiger partial charge in [0.25, 0.3) is 0 Å². The van der Waals surface area contributed by atoms with Gasteiger partial charge in [-0.15, -0.1) is 0 Å². The molecule has 1 aromatic carbocycles. The van der Waals surface area contributed by atoms with E-state index in [2.05, 4.69) is 6.92 Å². The average Bonchev–Trinajstić information content (AvgIpc) is 2.38. The number of rotatable bonds is 5. The Bertz CT molecular complexity index is 656. The highest BCUT2D eigenvalue weighted by Gasteiger charge is 2.11. The zero-order valence-electron chi connectivity index (χ0n) is 10.5. The van der Waals surface area contributed by atoms with Crippen molar-refractivity contribution in [2.75, 3.05) is 6.61 Å². The maximum Gasteiger partial charge on any atom is 0.371 e. The second-order valence-electron chi connectivity index (χ2n) is 4.14. The molecule has 0 saturated carbocycles. The molecule has 0 aliphatic carbocycles. The summed E-state index contributed by atoms with van der Waals surface area (Å²) in [5.41, 5.74) is -0.155. The van der Waals surface area contributed by atoms with Gasteiger partial charge in [-0.2, -0.15) is 0 Å². The summed E-state index contributed by atoms with van der Waals surface area (Å²) < 4.78 is 10.7. The number of ether oxygens (including phenoxy) is 1. The predicted octanol–water partition coefficient (Wildman–Crippen LogP) is 2.67. The summed E-state index contributed by atoms with van der Waals surface area (Å²) in [6.07, 6.45) is 1.95. The van der Waals surface area contributed by atoms with Gasteiger partial charge in [0.15, 0.2) is 5.43 Å². The first-order chi connectivity index (χ1) is 9.11. The second-order valence-corrected chi connectivity index (χ2v) is 4.14. The quantitative estimate of drug-likeness (QED) is 0.838. The van der Waals surface area contributed by atoms with Crippen LogP contribution in [0.15, 0.2) is 33.5 Å². The normalized spacial score (nSPS) is 10.6. The van der Waals surface area contributed by atoms with Gasteiger partial charge in [0.1, 0.15) is 11.3 Å². The molecule has 1 N–H and O–H groups in total. The van der Waals surface area contributed by atoms with Crippen molar-refractivity contribution in [1.82, 2.24) is 0 Å². The van der Waals surface area contributed by atoms with E-state index in [0.29, 0.717) is 17.7 Å². The molecule has 0 spiro atoms. The van der Waals surface area contributed by atoms with Gasteiger partial charge in [0.05, 0.1) is 12.0 Å². The Kier molecular flexibility index (Phi) is 3.85. The van der Waals surface area contributed by atoms with Crippen LogP contribution in [0, 0.1) is 0 Å². The van der Waals surface area contributed by atoms with Crippen LogP contribution in [0.3, 0.4) is 0 Å². The molecule has 0 fully saturated rings. The molecule has 0 aliphatic rings. The van der Waals surface area contributed by atoms with Crippen molar-refractivity contribution in [3.05, 3.63) is 40.2 Å². The summed E-state index contributed by atoms with van der Waals surface area (Å²) in [7, 11) is 0. The largest absolute Gasteiger partial charge is 0.493 e. The fraction of sp³-hybridized carbons (Fsp3) is 0.286. The number of hydrogen-bond acceptors (Lipinski definition) is 4. The summed E-state index contributed by atoms with van der Waals surface area (Å²) in [5.74, 6) is -1.08. The summed E-state index contributed by atoms with van der Waals surface area (Å²) in [4.78, 5) is 22.5. The van der Waals surface area contributed by atoms with Crippen LogP contribution in [0.4, 0.5) is 0 Å². The molecule has 0 radical (unpaired) electrons. The first kappa shape index (κ1) is 13.1. The molecule has 19 heavy (non-hydrogen) atoms. The monoisotopic (exact) mass is 262 g/mol. The fourth-order valence-corrected chi connectivity index (χ4v) is 1.66. The van der Waals surface area contributed by atoms with Gasteiger partial charge in [-0.25, -0.2) is 4.79 Å². The summed E-state index contributed by atoms with van der Waals surface area (Å²) >= 11 is 0. The second kappa shape index (κ2) is 5.56. The topological polar surface area (TPSA) is 76.7 Å². The van der Waals surface area contributed by atoms with Gasteiger partial charge < -0.3 is 14.3 Å². The maximum absolute atomic E-state index is 11.7. The van der Waals surface area contributed by atoms with Crippen LogP contribution in [0.2, 0.25) is 0 Å². The number of hydrogen-bond donors (Lipinski definition) is 1. The minimum absolute atomic E-state index is 0.221. The van der Waals surface area contributed by atoms with E-state index in [4.69, 9.17) is 14.3 Å². The van der Waals surface area contributed by atoms with Crippen LogP contribution in [0.1, 0.15) is 30.3 Å². The van der Waals surface area contributed by atoms with Crippen LogP contribution >= 0.6 is 0 Å². The van der Waals surface area contributed by atoms with Gasteiger partial charge in [-0.1, -0.05) is 13.3 Å². The van der Waals surface area contributed by atoms with Crippen molar-refractivity contribution in [2.45, 2.75) is 19.8 Å². The third-order valence-corrected chi connectivity index (χ3v) is 2.68. The molecule has 2 rings (SSSR count). The number of carbonyl (C=O) groups is 1. The minimum Gasteiger partial charge on any atom is -0.493 e. The lowest BCUT2D eigenvalue weighted by Crippen LogP contribution is -2.06. The Balaban J connectivity index is 2.40. The van der Waals surface area contributed by atoms with Crippen molar-refractivity contribution >= 4 is 16.9 Å². The molecule has 1 heterocycles. The van der Waals surface area contributed by atoms with Crippen LogP contribution < -0.4 is 10.2 Å². The number of benzene rings is 1. The fourth-order valence-electron chi connectivity index (χ4n) is 1.66. The molecule has 100 valence electrons. The lowest BCUT2D eigenvalue weighted by atomic mass is 10.2. The van der Waals surface area contributed by atoms with Gasteiger partial charge in [-0.05, 0) is 18.6 Å². The van der Waals surface area contributed by atoms with Gasteiger partial charge in [0.2, 0.25) is 5.76 Å². The van der Waals surface area contributed by atoms with Crippen LogP contribution in [-0.2, 0) is 0 Å². The minimum atomic E-state index is -1.27. The number of fused-ring (bicyclic) bond motifs is 1. The Morgan fingerprint density at radius 2 is 2.16 bits per heavy atom. The molecule has 0 saturated heterocycles. The first-order valence-electron chi connectivity index (χ1n) is 6.06. The van der Waals surface area contributed by atoms with Crippen molar-refractivity contribution in [2.24, 2.45) is 0 Å². The molecule has 0 atom stereocenters. The summed E-state index contributed by atoms with van der Waals surface area (Å²) in [6.45, 7) is 2.63. The summed E-state index contributed by atoms with van der Waals surface area (Å²) in [5, 5.41) is 9.19. The Morgan fingerprint density at radius 3 is 2.84 bits per heavy atom. The zero-order valence-corrected chi connectivity index (χ0v) is 10.5. The van der Waals surface area contributed by atoms with Crippen molar-refractivity contribution in [3.63, 3.8) is 0 Å². The smallest absolute Gasteiger partial charge is 0.371 e. The van der Waals surface area contributed by atoms with Gasteiger partial charge in [0, 0.05) is 12.1 Å². The molecular weight excluding hydrogens is 248 g/mol. The van der Waals surface area contributed by atoms with Crippen LogP contribution in [0.5, 0.6) is 5.75 Å². The predicted molar refractivity (Wildman–Crippen MR) is 69.8 cm³/mol. The van der Waals surface area contributed by atoms with Crippen molar-refractivity contribution in [1.29, 1.82) is 0 Å². The van der Waals surface area contributed by atoms with E-state index in [9.17, 15) is 9.59 Å². The Hall–Kier alpha value is -2.30. The Labute approximate surface area is 109 Å². The molecule has 5 nitrogen and oxygen atoms in total. The van der Waals surface area contributed by atoms with E-state index in [1.165, 1.54) is 0 Å². The molecule has 1 aromatic heterocycles. The summed E-state index contributed by atoms with van der Waals surface area (Å²) in [6, 6.07) is 5.77. The molecule has 0 unspecified atom stereocenters. The highest BCUT2D eigenvalue weighted by Crippen LogP contribution is 2.20. The van der Waals surface area contributed by atoms with E-state index in [-0.39, 0.29) is 16.8 Å². The molecule has 5 heteroatoms. The highest BCUT2D eigenvalue weighted by atomic mass is 16.5. The van der Waals surface area contributed by atoms with Gasteiger partial charge in [-0.3, -0.25) is 4.79 Å². The number of aromatic carboxylic acids is 1. The number of carboxylic acid groups (broad SMARTS) is 1. The molecular formula is C14H14O5. The Morgan fingerprint density at radius 1 is 1.37 bits per heavy atom. The molecule has 0 bridgehead atoms. The zero-order chi connectivity index (χ0) is 13.8. The van der Waals surface area contributed by atoms with Crippen LogP contribution in [-0.4, -0.2) is 17.7 Å². The average molecular weight is 262 g/mol. The third kappa shape index (κ3) is 2.93. The SMILES string of the molecule is CCCCOc1ccc2c(=O)cc(C(=O)O)oc2c1. The molecule has 0 aliphatic heterocycles. The molecule has 2 aromatic rings. The van der Waals surface area contributed by atoms with E-state index >= 15 is 0 Å². The van der Waals surface area contributed by atoms with E-state index in [1.54, 1.807) is 18.2 Å². The van der Waals surface area contributed by atoms with E-state index in [0.717, 1.165) is 18.9 Å². The first-order valence-corrected chi connectivity index (χ1v) is 6.06. The van der Waals surface area contributed by atoms with Crippen molar-refractivity contribution < 1.29 is 19.1 Å². The van der Waals surface area contributed by atoms with Crippen molar-refractivity contribution in [3.8, 4) is 5.75 Å². The van der Waals surface area contributed by atoms with E-state index in [1.807, 2.05) is 0 Å². The lowest BCUT2D eigenvalue weighted by Gasteiger charge is -2.06. The number of carboxylic acids is 1. The lowest BCUT2D eigenvalue weighted by molar-refractivity contribution is 0.0663. The standard InChI is InChI=1S/C14H14O5/c1-2-3-6-18-9-4-5-10-11(15)8-13(14(16)17)19-12(10)7-9/h4-5,7-8H,2-3,6H2,1H3,(H,16,17). The van der Waals surface area contributed by atoms with Gasteiger partial charge >= 0.3 is 5.97 Å². The third-order valence-electron chi connectivity index (χ3n) is 2.68. The molecule has 0 amide bonds. The highest BCUT2D eigenvalue weighted by molar-refractivity contribution is 5.87. The van der Waals surface area contributed by atoms with E-state index < -0.39 is 5.97 Å². The number of unbranched alkanes of at least 4 members (excludes halogenated alkanes) is 1. The van der Waals surface area contributed by atoms with Crippen LogP contribution in [0.25, 0.3) is 11.0 Å². The maximum atomic E-state index is 11.7.